The van der Waals surface area contributed by atoms with Crippen LogP contribution in [0.2, 0.25) is 0 Å². The van der Waals surface area contributed by atoms with Crippen molar-refractivity contribution in [3.05, 3.63) is 11.9 Å². The van der Waals surface area contributed by atoms with Gasteiger partial charge in [-0.2, -0.15) is 0 Å². The lowest BCUT2D eigenvalue weighted by atomic mass is 10.0. The Hall–Kier alpha value is -1.32. The van der Waals surface area contributed by atoms with E-state index in [1.54, 1.807) is 6.33 Å². The zero-order chi connectivity index (χ0) is 13.0. The van der Waals surface area contributed by atoms with Crippen LogP contribution in [0.4, 0.5) is 11.6 Å². The van der Waals surface area contributed by atoms with Gasteiger partial charge in [-0.25, -0.2) is 9.97 Å². The Morgan fingerprint density at radius 1 is 1.22 bits per heavy atom. The van der Waals surface area contributed by atoms with Crippen molar-refractivity contribution in [2.45, 2.75) is 46.0 Å². The minimum Gasteiger partial charge on any atom is -0.373 e. The van der Waals surface area contributed by atoms with Crippen molar-refractivity contribution in [2.75, 3.05) is 24.2 Å². The molecule has 0 spiro atoms. The average Bonchev–Trinajstić information content (AvgIpc) is 3.16. The molecule has 1 fully saturated rings. The predicted octanol–water partition coefficient (Wildman–Crippen LogP) is 3.07. The molecule has 0 radical (unpaired) electrons. The maximum Gasteiger partial charge on any atom is 0.134 e. The summed E-state index contributed by atoms with van der Waals surface area (Å²) in [5, 5.41) is 6.67. The summed E-state index contributed by atoms with van der Waals surface area (Å²) < 4.78 is 0. The summed E-state index contributed by atoms with van der Waals surface area (Å²) in [5.74, 6) is 1.94. The summed E-state index contributed by atoms with van der Waals surface area (Å²) >= 11 is 0. The first kappa shape index (κ1) is 13.1. The number of anilines is 2. The van der Waals surface area contributed by atoms with Crippen molar-refractivity contribution >= 4 is 11.6 Å². The van der Waals surface area contributed by atoms with Crippen LogP contribution in [0.1, 0.15) is 45.1 Å². The molecule has 1 aliphatic carbocycles. The van der Waals surface area contributed by atoms with Crippen LogP contribution in [0.15, 0.2) is 6.33 Å². The maximum absolute atomic E-state index is 4.39. The Morgan fingerprint density at radius 3 is 2.50 bits per heavy atom. The largest absolute Gasteiger partial charge is 0.373 e. The molecule has 4 nitrogen and oxygen atoms in total. The Bertz CT molecular complexity index is 399. The van der Waals surface area contributed by atoms with Crippen LogP contribution < -0.4 is 10.6 Å². The van der Waals surface area contributed by atoms with Crippen LogP contribution in [0, 0.1) is 5.41 Å². The van der Waals surface area contributed by atoms with E-state index in [1.807, 2.05) is 7.05 Å². The van der Waals surface area contributed by atoms with Gasteiger partial charge in [0.2, 0.25) is 0 Å². The second-order valence-electron chi connectivity index (χ2n) is 5.26. The van der Waals surface area contributed by atoms with E-state index in [2.05, 4.69) is 34.4 Å². The molecule has 4 heteroatoms. The molecule has 1 aromatic rings. The minimum absolute atomic E-state index is 0.546. The molecule has 0 amide bonds. The van der Waals surface area contributed by atoms with E-state index in [0.717, 1.165) is 24.6 Å². The quantitative estimate of drug-likeness (QED) is 0.778. The van der Waals surface area contributed by atoms with Crippen molar-refractivity contribution in [2.24, 2.45) is 5.41 Å². The fourth-order valence-electron chi connectivity index (χ4n) is 2.61. The number of nitrogens with zero attached hydrogens (tertiary/aromatic N) is 2. The van der Waals surface area contributed by atoms with E-state index in [9.17, 15) is 0 Å². The summed E-state index contributed by atoms with van der Waals surface area (Å²) in [6.07, 6.45) is 7.89. The second-order valence-corrected chi connectivity index (χ2v) is 5.26. The Morgan fingerprint density at radius 2 is 1.94 bits per heavy atom. The molecule has 1 heterocycles. The molecular weight excluding hydrogens is 224 g/mol. The lowest BCUT2D eigenvalue weighted by Crippen LogP contribution is -2.17. The van der Waals surface area contributed by atoms with Gasteiger partial charge in [0.1, 0.15) is 18.0 Å². The van der Waals surface area contributed by atoms with E-state index in [0.29, 0.717) is 5.41 Å². The van der Waals surface area contributed by atoms with Gasteiger partial charge in [0.15, 0.2) is 0 Å². The minimum atomic E-state index is 0.546. The number of hydrogen-bond donors (Lipinski definition) is 2. The van der Waals surface area contributed by atoms with Gasteiger partial charge in [-0.3, -0.25) is 0 Å². The zero-order valence-corrected chi connectivity index (χ0v) is 11.7. The predicted molar refractivity (Wildman–Crippen MR) is 76.0 cm³/mol. The first-order valence-electron chi connectivity index (χ1n) is 7.00. The fraction of sp³-hybridized carbons (Fsp3) is 0.714. The molecule has 0 aliphatic heterocycles. The highest BCUT2D eigenvalue weighted by molar-refractivity contribution is 5.57. The highest BCUT2D eigenvalue weighted by Gasteiger charge is 2.41. The average molecular weight is 248 g/mol. The molecule has 1 aliphatic rings. The van der Waals surface area contributed by atoms with E-state index >= 15 is 0 Å². The van der Waals surface area contributed by atoms with E-state index in [-0.39, 0.29) is 0 Å². The third-order valence-corrected chi connectivity index (χ3v) is 3.90. The van der Waals surface area contributed by atoms with Crippen LogP contribution in [0.25, 0.3) is 0 Å². The summed E-state index contributed by atoms with van der Waals surface area (Å²) in [6, 6.07) is 0. The monoisotopic (exact) mass is 248 g/mol. The Kier molecular flexibility index (Phi) is 4.04. The number of hydrogen-bond acceptors (Lipinski definition) is 4. The standard InChI is InChI=1S/C14H24N4/c1-4-6-14(7-8-14)9-16-13-11(5-2)12(15-3)17-10-18-13/h10H,4-9H2,1-3H3,(H2,15,16,17,18). The summed E-state index contributed by atoms with van der Waals surface area (Å²) in [4.78, 5) is 8.65. The van der Waals surface area contributed by atoms with E-state index in [4.69, 9.17) is 0 Å². The van der Waals surface area contributed by atoms with Crippen LogP contribution >= 0.6 is 0 Å². The zero-order valence-electron chi connectivity index (χ0n) is 11.7. The van der Waals surface area contributed by atoms with Gasteiger partial charge in [-0.15, -0.1) is 0 Å². The van der Waals surface area contributed by atoms with Crippen molar-refractivity contribution in [3.8, 4) is 0 Å². The van der Waals surface area contributed by atoms with Crippen LogP contribution in [0.5, 0.6) is 0 Å². The third-order valence-electron chi connectivity index (χ3n) is 3.90. The molecule has 0 atom stereocenters. The topological polar surface area (TPSA) is 49.8 Å². The number of aromatic nitrogens is 2. The second kappa shape index (κ2) is 5.55. The summed E-state index contributed by atoms with van der Waals surface area (Å²) in [7, 11) is 1.91. The molecule has 0 saturated heterocycles. The van der Waals surface area contributed by atoms with Gasteiger partial charge in [0, 0.05) is 19.2 Å². The van der Waals surface area contributed by atoms with Gasteiger partial charge >= 0.3 is 0 Å². The highest BCUT2D eigenvalue weighted by Crippen LogP contribution is 2.49. The van der Waals surface area contributed by atoms with Crippen molar-refractivity contribution in [1.29, 1.82) is 0 Å². The Balaban J connectivity index is 2.05. The third kappa shape index (κ3) is 2.74. The Labute approximate surface area is 110 Å². The van der Waals surface area contributed by atoms with Crippen molar-refractivity contribution < 1.29 is 0 Å². The van der Waals surface area contributed by atoms with Gasteiger partial charge in [-0.1, -0.05) is 20.3 Å². The SMILES string of the molecule is CCCC1(CNc2ncnc(NC)c2CC)CC1. The molecule has 100 valence electrons. The van der Waals surface area contributed by atoms with E-state index in [1.165, 1.54) is 31.2 Å². The molecule has 0 unspecified atom stereocenters. The summed E-state index contributed by atoms with van der Waals surface area (Å²) in [5.41, 5.74) is 1.73. The molecule has 0 bridgehead atoms. The molecule has 0 aromatic carbocycles. The molecular formula is C14H24N4. The smallest absolute Gasteiger partial charge is 0.134 e. The first-order valence-corrected chi connectivity index (χ1v) is 7.00. The lowest BCUT2D eigenvalue weighted by Gasteiger charge is -2.18. The van der Waals surface area contributed by atoms with Crippen molar-refractivity contribution in [1.82, 2.24) is 9.97 Å². The first-order chi connectivity index (χ1) is 8.74. The highest BCUT2D eigenvalue weighted by atomic mass is 15.1. The van der Waals surface area contributed by atoms with E-state index < -0.39 is 0 Å². The van der Waals surface area contributed by atoms with Gasteiger partial charge < -0.3 is 10.6 Å². The van der Waals surface area contributed by atoms with Crippen LogP contribution in [-0.4, -0.2) is 23.6 Å². The van der Waals surface area contributed by atoms with Gasteiger partial charge in [0.05, 0.1) is 0 Å². The molecule has 1 saturated carbocycles. The van der Waals surface area contributed by atoms with Crippen molar-refractivity contribution in [3.63, 3.8) is 0 Å². The molecule has 1 aromatic heterocycles. The fourth-order valence-corrected chi connectivity index (χ4v) is 2.61. The normalized spacial score (nSPS) is 16.4. The maximum atomic E-state index is 4.39. The molecule has 18 heavy (non-hydrogen) atoms. The summed E-state index contributed by atoms with van der Waals surface area (Å²) in [6.45, 7) is 5.46. The number of nitrogens with one attached hydrogen (secondary N) is 2. The molecule has 2 rings (SSSR count). The number of rotatable bonds is 7. The molecule has 2 N–H and O–H groups in total. The van der Waals surface area contributed by atoms with Crippen LogP contribution in [0.3, 0.4) is 0 Å². The van der Waals surface area contributed by atoms with Gasteiger partial charge in [0.25, 0.3) is 0 Å². The van der Waals surface area contributed by atoms with Crippen LogP contribution in [-0.2, 0) is 6.42 Å². The lowest BCUT2D eigenvalue weighted by molar-refractivity contribution is 0.485. The van der Waals surface area contributed by atoms with Gasteiger partial charge in [-0.05, 0) is 31.1 Å².